The average molecular weight is 478 g/mol. The summed E-state index contributed by atoms with van der Waals surface area (Å²) in [5.41, 5.74) is 3.78. The van der Waals surface area contributed by atoms with E-state index in [0.29, 0.717) is 17.8 Å². The van der Waals surface area contributed by atoms with Gasteiger partial charge in [-0.05, 0) is 62.1 Å². The molecule has 0 N–H and O–H groups in total. The smallest absolute Gasteiger partial charge is 0.337 e. The average Bonchev–Trinajstić information content (AvgIpc) is 3.40. The summed E-state index contributed by atoms with van der Waals surface area (Å²) >= 11 is 1.55. The lowest BCUT2D eigenvalue weighted by atomic mass is 9.97. The van der Waals surface area contributed by atoms with E-state index in [0.717, 1.165) is 47.1 Å². The molecule has 2 fully saturated rings. The number of piperidine rings is 1. The highest BCUT2D eigenvalue weighted by molar-refractivity contribution is 7.17. The van der Waals surface area contributed by atoms with Crippen LogP contribution in [-0.4, -0.2) is 48.6 Å². The van der Waals surface area contributed by atoms with Crippen LogP contribution >= 0.6 is 11.3 Å². The Morgan fingerprint density at radius 3 is 1.97 bits per heavy atom. The molecular formula is C27H31N3O3S. The summed E-state index contributed by atoms with van der Waals surface area (Å²) in [5.74, 6) is -0.342. The number of esters is 1. The van der Waals surface area contributed by atoms with Gasteiger partial charge in [-0.2, -0.15) is 0 Å². The van der Waals surface area contributed by atoms with Crippen molar-refractivity contribution >= 4 is 23.0 Å². The first kappa shape index (κ1) is 23.0. The maximum atomic E-state index is 11.6. The van der Waals surface area contributed by atoms with Crippen LogP contribution < -0.4 is 4.90 Å². The van der Waals surface area contributed by atoms with Gasteiger partial charge in [0.25, 0.3) is 0 Å². The molecule has 178 valence electrons. The molecule has 34 heavy (non-hydrogen) atoms. The third-order valence-electron chi connectivity index (χ3n) is 6.84. The minimum atomic E-state index is -0.342. The van der Waals surface area contributed by atoms with E-state index >= 15 is 0 Å². The molecule has 1 saturated carbocycles. The predicted octanol–water partition coefficient (Wildman–Crippen LogP) is 5.98. The predicted molar refractivity (Wildman–Crippen MR) is 135 cm³/mol. The molecule has 0 atom stereocenters. The number of methoxy groups -OCH3 is 1. The number of hydrogen-bond acceptors (Lipinski definition) is 7. The van der Waals surface area contributed by atoms with Gasteiger partial charge in [0.15, 0.2) is 0 Å². The summed E-state index contributed by atoms with van der Waals surface area (Å²) in [5, 5.41) is 10.5. The van der Waals surface area contributed by atoms with Crippen molar-refractivity contribution in [2.24, 2.45) is 0 Å². The molecule has 0 bridgehead atoms. The standard InChI is InChI=1S/C27H31N3O3S/c1-32-27(31)21-9-7-19(8-10-21)25-28-29-26(34-25)20-11-13-22(14-12-20)30-17-15-24(16-18-30)33-23-5-3-2-4-6-23/h7-14,23-24H,2-6,15-18H2,1H3. The number of carbonyl (C=O) groups excluding carboxylic acids is 1. The summed E-state index contributed by atoms with van der Waals surface area (Å²) in [6, 6.07) is 15.9. The zero-order chi connectivity index (χ0) is 23.3. The fourth-order valence-electron chi connectivity index (χ4n) is 4.86. The van der Waals surface area contributed by atoms with Gasteiger partial charge in [0.05, 0.1) is 24.9 Å². The second-order valence-corrected chi connectivity index (χ2v) is 10.1. The minimum Gasteiger partial charge on any atom is -0.465 e. The van der Waals surface area contributed by atoms with Crippen LogP contribution in [0.2, 0.25) is 0 Å². The number of nitrogens with zero attached hydrogens (tertiary/aromatic N) is 3. The largest absolute Gasteiger partial charge is 0.465 e. The van der Waals surface area contributed by atoms with Crippen molar-refractivity contribution in [2.75, 3.05) is 25.1 Å². The van der Waals surface area contributed by atoms with Gasteiger partial charge < -0.3 is 14.4 Å². The molecule has 5 rings (SSSR count). The first-order chi connectivity index (χ1) is 16.7. The third-order valence-corrected chi connectivity index (χ3v) is 7.86. The highest BCUT2D eigenvalue weighted by Crippen LogP contribution is 2.32. The van der Waals surface area contributed by atoms with E-state index in [1.165, 1.54) is 44.9 Å². The molecule has 3 aromatic rings. The number of carbonyl (C=O) groups is 1. The zero-order valence-corrected chi connectivity index (χ0v) is 20.4. The number of ether oxygens (including phenoxy) is 2. The molecule has 6 nitrogen and oxygen atoms in total. The first-order valence-electron chi connectivity index (χ1n) is 12.2. The molecule has 0 amide bonds. The Kier molecular flexibility index (Phi) is 7.21. The van der Waals surface area contributed by atoms with Crippen molar-refractivity contribution in [3.05, 3.63) is 54.1 Å². The van der Waals surface area contributed by atoms with E-state index < -0.39 is 0 Å². The maximum Gasteiger partial charge on any atom is 0.337 e. The van der Waals surface area contributed by atoms with Crippen LogP contribution in [0.5, 0.6) is 0 Å². The number of anilines is 1. The van der Waals surface area contributed by atoms with Crippen LogP contribution in [0.15, 0.2) is 48.5 Å². The van der Waals surface area contributed by atoms with Crippen molar-refractivity contribution in [3.63, 3.8) is 0 Å². The molecular weight excluding hydrogens is 446 g/mol. The van der Waals surface area contributed by atoms with Gasteiger partial charge in [0, 0.05) is 29.9 Å². The Labute approximate surface area is 204 Å². The fourth-order valence-corrected chi connectivity index (χ4v) is 5.72. The quantitative estimate of drug-likeness (QED) is 0.407. The van der Waals surface area contributed by atoms with Crippen molar-refractivity contribution in [3.8, 4) is 21.1 Å². The molecule has 2 heterocycles. The third kappa shape index (κ3) is 5.31. The Morgan fingerprint density at radius 2 is 1.38 bits per heavy atom. The van der Waals surface area contributed by atoms with E-state index in [1.54, 1.807) is 23.5 Å². The SMILES string of the molecule is COC(=O)c1ccc(-c2nnc(-c3ccc(N4CCC(OC5CCCCC5)CC4)cc3)s2)cc1. The monoisotopic (exact) mass is 477 g/mol. The van der Waals surface area contributed by atoms with Gasteiger partial charge in [-0.1, -0.05) is 42.7 Å². The number of hydrogen-bond donors (Lipinski definition) is 0. The van der Waals surface area contributed by atoms with Gasteiger partial charge in [-0.3, -0.25) is 0 Å². The molecule has 2 aromatic carbocycles. The van der Waals surface area contributed by atoms with Gasteiger partial charge in [-0.15, -0.1) is 10.2 Å². The van der Waals surface area contributed by atoms with Gasteiger partial charge in [-0.25, -0.2) is 4.79 Å². The van der Waals surface area contributed by atoms with E-state index in [-0.39, 0.29) is 5.97 Å². The molecule has 1 aromatic heterocycles. The van der Waals surface area contributed by atoms with Crippen LogP contribution in [0.3, 0.4) is 0 Å². The van der Waals surface area contributed by atoms with Crippen LogP contribution in [0.4, 0.5) is 5.69 Å². The number of rotatable bonds is 6. The van der Waals surface area contributed by atoms with E-state index in [1.807, 2.05) is 12.1 Å². The van der Waals surface area contributed by atoms with E-state index in [4.69, 9.17) is 9.47 Å². The van der Waals surface area contributed by atoms with Gasteiger partial charge >= 0.3 is 5.97 Å². The molecule has 1 saturated heterocycles. The molecule has 7 heteroatoms. The maximum absolute atomic E-state index is 11.6. The van der Waals surface area contributed by atoms with E-state index in [2.05, 4.69) is 39.4 Å². The minimum absolute atomic E-state index is 0.342. The lowest BCUT2D eigenvalue weighted by molar-refractivity contribution is -0.0395. The van der Waals surface area contributed by atoms with Crippen molar-refractivity contribution in [2.45, 2.75) is 57.2 Å². The Bertz CT molecular complexity index is 1080. The van der Waals surface area contributed by atoms with E-state index in [9.17, 15) is 4.79 Å². The molecule has 1 aliphatic heterocycles. The van der Waals surface area contributed by atoms with Crippen LogP contribution in [0.1, 0.15) is 55.3 Å². The lowest BCUT2D eigenvalue weighted by Gasteiger charge is -2.36. The molecule has 1 aliphatic carbocycles. The van der Waals surface area contributed by atoms with Gasteiger partial charge in [0.1, 0.15) is 10.0 Å². The van der Waals surface area contributed by atoms with Crippen molar-refractivity contribution in [1.29, 1.82) is 0 Å². The normalized spacial score (nSPS) is 17.6. The number of benzene rings is 2. The highest BCUT2D eigenvalue weighted by atomic mass is 32.1. The molecule has 0 unspecified atom stereocenters. The second kappa shape index (κ2) is 10.7. The first-order valence-corrected chi connectivity index (χ1v) is 13.0. The molecule has 2 aliphatic rings. The summed E-state index contributed by atoms with van der Waals surface area (Å²) in [6.07, 6.45) is 9.63. The van der Waals surface area contributed by atoms with Crippen molar-refractivity contribution in [1.82, 2.24) is 10.2 Å². The molecule has 0 spiro atoms. The Hall–Kier alpha value is -2.77. The Balaban J connectivity index is 1.18. The number of aromatic nitrogens is 2. The summed E-state index contributed by atoms with van der Waals surface area (Å²) in [7, 11) is 1.38. The Morgan fingerprint density at radius 1 is 0.824 bits per heavy atom. The second-order valence-electron chi connectivity index (χ2n) is 9.11. The van der Waals surface area contributed by atoms with Gasteiger partial charge in [0.2, 0.25) is 0 Å². The summed E-state index contributed by atoms with van der Waals surface area (Å²) < 4.78 is 11.2. The van der Waals surface area contributed by atoms with Crippen LogP contribution in [0.25, 0.3) is 21.1 Å². The zero-order valence-electron chi connectivity index (χ0n) is 19.6. The summed E-state index contributed by atoms with van der Waals surface area (Å²) in [6.45, 7) is 2.09. The van der Waals surface area contributed by atoms with Crippen molar-refractivity contribution < 1.29 is 14.3 Å². The fraction of sp³-hybridized carbons (Fsp3) is 0.444. The summed E-state index contributed by atoms with van der Waals surface area (Å²) in [4.78, 5) is 14.1. The highest BCUT2D eigenvalue weighted by Gasteiger charge is 2.24. The topological polar surface area (TPSA) is 64.5 Å². The molecule has 0 radical (unpaired) electrons. The lowest BCUT2D eigenvalue weighted by Crippen LogP contribution is -2.38. The van der Waals surface area contributed by atoms with Crippen LogP contribution in [0, 0.1) is 0 Å². The van der Waals surface area contributed by atoms with Crippen LogP contribution in [-0.2, 0) is 9.47 Å².